The molecule has 1 atom stereocenters. The van der Waals surface area contributed by atoms with Crippen LogP contribution in [0.1, 0.15) is 44.5 Å². The minimum atomic E-state index is -0.488. The van der Waals surface area contributed by atoms with Gasteiger partial charge in [0.05, 0.1) is 10.8 Å². The van der Waals surface area contributed by atoms with E-state index in [0.717, 1.165) is 17.1 Å². The lowest BCUT2D eigenvalue weighted by Gasteiger charge is -2.34. The van der Waals surface area contributed by atoms with Gasteiger partial charge in [-0.1, -0.05) is 188 Å². The second-order valence-corrected chi connectivity index (χ2v) is 17.1. The lowest BCUT2D eigenvalue weighted by atomic mass is 9.69. The largest absolute Gasteiger partial charge is 0.310 e. The van der Waals surface area contributed by atoms with E-state index in [1.54, 1.807) is 0 Å². The molecule has 14 rings (SSSR count). The van der Waals surface area contributed by atoms with Crippen LogP contribution in [0.3, 0.4) is 0 Å². The fourth-order valence-electron chi connectivity index (χ4n) is 12.3. The normalized spacial score (nSPS) is 16.1. The van der Waals surface area contributed by atoms with E-state index in [1.165, 1.54) is 99.8 Å². The molecule has 1 unspecified atom stereocenters. The highest BCUT2D eigenvalue weighted by molar-refractivity contribution is 6.04. The SMILES string of the molecule is c1ccc(N(c2ccc3c(c2)C2(c4ccccc4-c4ccccc42)c2ccccc2-3)c2ccc3c(c2)C2(c4ccccc4-3)c3ccccc3-c3ccc4ccccc4c32)cc1. The number of hydrogen-bond donors (Lipinski definition) is 0. The van der Waals surface area contributed by atoms with Crippen LogP contribution in [-0.4, -0.2) is 0 Å². The summed E-state index contributed by atoms with van der Waals surface area (Å²) in [7, 11) is 0. The average Bonchev–Trinajstić information content (AvgIpc) is 4.01. The van der Waals surface area contributed by atoms with Gasteiger partial charge in [-0.15, -0.1) is 0 Å². The van der Waals surface area contributed by atoms with Crippen molar-refractivity contribution in [3.8, 4) is 44.5 Å². The highest BCUT2D eigenvalue weighted by Gasteiger charge is 2.54. The van der Waals surface area contributed by atoms with Crippen LogP contribution in [0.4, 0.5) is 17.1 Å². The van der Waals surface area contributed by atoms with E-state index >= 15 is 0 Å². The predicted octanol–water partition coefficient (Wildman–Crippen LogP) is 15.0. The Morgan fingerprint density at radius 2 is 0.623 bits per heavy atom. The van der Waals surface area contributed by atoms with Crippen molar-refractivity contribution in [2.75, 3.05) is 4.90 Å². The Balaban J connectivity index is 1.05. The standard InChI is InChI=1S/C60H37N/c1-2-17-39(18-3-1)61(40-31-34-48-45-22-8-13-27-53(45)59(56(48)36-40)51-25-11-6-20-43(51)44-21-7-12-26-52(44)59)41-32-35-49-46-23-9-14-28-54(46)60(57(49)37-41)55-29-15-10-24-47(55)50-33-30-38-16-4-5-19-42(38)58(50)60/h1-37H. The predicted molar refractivity (Wildman–Crippen MR) is 251 cm³/mol. The Kier molecular flexibility index (Phi) is 6.48. The molecule has 10 aromatic rings. The molecule has 0 aliphatic heterocycles. The minimum Gasteiger partial charge on any atom is -0.310 e. The van der Waals surface area contributed by atoms with Crippen molar-refractivity contribution < 1.29 is 0 Å². The average molecular weight is 772 g/mol. The van der Waals surface area contributed by atoms with Crippen LogP contribution in [0.5, 0.6) is 0 Å². The highest BCUT2D eigenvalue weighted by Crippen LogP contribution is 2.66. The lowest BCUT2D eigenvalue weighted by molar-refractivity contribution is 0.793. The second-order valence-electron chi connectivity index (χ2n) is 17.1. The van der Waals surface area contributed by atoms with Crippen molar-refractivity contribution in [2.24, 2.45) is 0 Å². The number of nitrogens with zero attached hydrogens (tertiary/aromatic N) is 1. The summed E-state index contributed by atoms with van der Waals surface area (Å²) < 4.78 is 0. The molecule has 0 N–H and O–H groups in total. The van der Waals surface area contributed by atoms with Gasteiger partial charge in [-0.25, -0.2) is 0 Å². The summed E-state index contributed by atoms with van der Waals surface area (Å²) in [5, 5.41) is 2.58. The monoisotopic (exact) mass is 771 g/mol. The van der Waals surface area contributed by atoms with Gasteiger partial charge in [0.1, 0.15) is 0 Å². The Morgan fingerprint density at radius 3 is 1.15 bits per heavy atom. The molecule has 0 saturated carbocycles. The molecule has 10 aromatic carbocycles. The third-order valence-electron chi connectivity index (χ3n) is 14.5. The zero-order valence-corrected chi connectivity index (χ0v) is 33.3. The molecule has 0 aromatic heterocycles. The van der Waals surface area contributed by atoms with Gasteiger partial charge in [-0.2, -0.15) is 0 Å². The minimum absolute atomic E-state index is 0.431. The molecule has 0 fully saturated rings. The summed E-state index contributed by atoms with van der Waals surface area (Å²) in [5.41, 5.74) is 23.8. The maximum atomic E-state index is 2.52. The van der Waals surface area contributed by atoms with Gasteiger partial charge in [0.15, 0.2) is 0 Å². The van der Waals surface area contributed by atoms with Crippen LogP contribution in [-0.2, 0) is 10.8 Å². The Bertz CT molecular complexity index is 3430. The van der Waals surface area contributed by atoms with Gasteiger partial charge in [-0.3, -0.25) is 0 Å². The molecule has 0 heterocycles. The fraction of sp³-hybridized carbons (Fsp3) is 0.0333. The maximum Gasteiger partial charge on any atom is 0.0732 e. The second kappa shape index (κ2) is 11.9. The Hall–Kier alpha value is -7.74. The summed E-state index contributed by atoms with van der Waals surface area (Å²) in [6.07, 6.45) is 0. The molecule has 4 aliphatic rings. The number of hydrogen-bond acceptors (Lipinski definition) is 1. The molecule has 2 spiro atoms. The molecule has 1 heteroatoms. The quantitative estimate of drug-likeness (QED) is 0.173. The van der Waals surface area contributed by atoms with Crippen molar-refractivity contribution in [1.82, 2.24) is 0 Å². The van der Waals surface area contributed by atoms with E-state index in [2.05, 4.69) is 229 Å². The van der Waals surface area contributed by atoms with E-state index < -0.39 is 10.8 Å². The van der Waals surface area contributed by atoms with Crippen LogP contribution in [0.2, 0.25) is 0 Å². The van der Waals surface area contributed by atoms with E-state index in [-0.39, 0.29) is 0 Å². The molecule has 0 radical (unpaired) electrons. The van der Waals surface area contributed by atoms with Crippen molar-refractivity contribution in [1.29, 1.82) is 0 Å². The van der Waals surface area contributed by atoms with Gasteiger partial charge >= 0.3 is 0 Å². The molecule has 61 heavy (non-hydrogen) atoms. The van der Waals surface area contributed by atoms with E-state index in [1.807, 2.05) is 0 Å². The van der Waals surface area contributed by atoms with Gasteiger partial charge < -0.3 is 4.90 Å². The molecule has 0 saturated heterocycles. The van der Waals surface area contributed by atoms with Gasteiger partial charge in [0.2, 0.25) is 0 Å². The first kappa shape index (κ1) is 33.1. The zero-order chi connectivity index (χ0) is 39.9. The fourth-order valence-corrected chi connectivity index (χ4v) is 12.3. The van der Waals surface area contributed by atoms with Crippen LogP contribution in [0.15, 0.2) is 224 Å². The summed E-state index contributed by atoms with van der Waals surface area (Å²) in [4.78, 5) is 2.49. The smallest absolute Gasteiger partial charge is 0.0732 e. The highest BCUT2D eigenvalue weighted by atomic mass is 15.1. The first-order chi connectivity index (χ1) is 30.3. The number of fused-ring (bicyclic) bond motifs is 22. The number of anilines is 3. The summed E-state index contributed by atoms with van der Waals surface area (Å²) in [5.74, 6) is 0. The molecule has 282 valence electrons. The van der Waals surface area contributed by atoms with Crippen molar-refractivity contribution >= 4 is 27.8 Å². The van der Waals surface area contributed by atoms with Crippen molar-refractivity contribution in [2.45, 2.75) is 10.8 Å². The van der Waals surface area contributed by atoms with Gasteiger partial charge in [0, 0.05) is 17.1 Å². The lowest BCUT2D eigenvalue weighted by Crippen LogP contribution is -2.27. The number of para-hydroxylation sites is 1. The molecular formula is C60H37N. The third-order valence-corrected chi connectivity index (χ3v) is 14.5. The van der Waals surface area contributed by atoms with E-state index in [4.69, 9.17) is 0 Å². The maximum absolute atomic E-state index is 2.52. The Morgan fingerprint density at radius 1 is 0.246 bits per heavy atom. The summed E-state index contributed by atoms with van der Waals surface area (Å²) >= 11 is 0. The number of rotatable bonds is 3. The topological polar surface area (TPSA) is 3.24 Å². The van der Waals surface area contributed by atoms with E-state index in [0.29, 0.717) is 0 Å². The molecule has 1 nitrogen and oxygen atoms in total. The van der Waals surface area contributed by atoms with Crippen molar-refractivity contribution in [3.05, 3.63) is 269 Å². The molecule has 4 aliphatic carbocycles. The first-order valence-corrected chi connectivity index (χ1v) is 21.4. The Labute approximate surface area is 355 Å². The molecule has 0 amide bonds. The zero-order valence-electron chi connectivity index (χ0n) is 33.3. The van der Waals surface area contributed by atoms with Crippen LogP contribution < -0.4 is 4.90 Å². The number of benzene rings is 10. The van der Waals surface area contributed by atoms with Gasteiger partial charge in [0.25, 0.3) is 0 Å². The molecule has 0 bridgehead atoms. The van der Waals surface area contributed by atoms with Gasteiger partial charge in [-0.05, 0) is 136 Å². The van der Waals surface area contributed by atoms with Crippen LogP contribution in [0.25, 0.3) is 55.3 Å². The molecular weight excluding hydrogens is 735 g/mol. The summed E-state index contributed by atoms with van der Waals surface area (Å²) in [6.45, 7) is 0. The van der Waals surface area contributed by atoms with Crippen molar-refractivity contribution in [3.63, 3.8) is 0 Å². The summed E-state index contributed by atoms with van der Waals surface area (Å²) in [6, 6.07) is 84.6. The first-order valence-electron chi connectivity index (χ1n) is 21.4. The van der Waals surface area contributed by atoms with Crippen LogP contribution in [0, 0.1) is 0 Å². The van der Waals surface area contributed by atoms with Crippen LogP contribution >= 0.6 is 0 Å². The third kappa shape index (κ3) is 4.02. The van der Waals surface area contributed by atoms with E-state index in [9.17, 15) is 0 Å².